The molecule has 0 aliphatic carbocycles. The molecule has 0 fully saturated rings. The Bertz CT molecular complexity index is 726. The Morgan fingerprint density at radius 1 is 1.38 bits per heavy atom. The molecule has 2 rings (SSSR count). The van der Waals surface area contributed by atoms with Crippen LogP contribution >= 0.6 is 0 Å². The molecule has 6 heteroatoms. The van der Waals surface area contributed by atoms with Gasteiger partial charge >= 0.3 is 0 Å². The fourth-order valence-corrected chi connectivity index (χ4v) is 2.27. The fourth-order valence-electron chi connectivity index (χ4n) is 2.27. The molecule has 0 bridgehead atoms. The molecule has 2 heterocycles. The number of amides is 1. The van der Waals surface area contributed by atoms with Crippen LogP contribution in [0.15, 0.2) is 15.5 Å². The van der Waals surface area contributed by atoms with Crippen molar-refractivity contribution < 1.29 is 9.21 Å². The lowest BCUT2D eigenvalue weighted by Crippen LogP contribution is -2.32. The van der Waals surface area contributed by atoms with Crippen molar-refractivity contribution in [1.82, 2.24) is 14.9 Å². The summed E-state index contributed by atoms with van der Waals surface area (Å²) in [5.74, 6) is 0.417. The van der Waals surface area contributed by atoms with Crippen LogP contribution < -0.4 is 10.9 Å². The maximum atomic E-state index is 12.6. The average molecular weight is 291 g/mol. The Kier molecular flexibility index (Phi) is 4.16. The van der Waals surface area contributed by atoms with E-state index >= 15 is 0 Å². The maximum Gasteiger partial charge on any atom is 0.265 e. The van der Waals surface area contributed by atoms with Crippen LogP contribution in [0.3, 0.4) is 0 Å². The number of aromatic nitrogens is 2. The lowest BCUT2D eigenvalue weighted by atomic mass is 10.1. The first kappa shape index (κ1) is 15.3. The van der Waals surface area contributed by atoms with Gasteiger partial charge in [-0.1, -0.05) is 13.8 Å². The van der Waals surface area contributed by atoms with E-state index in [1.807, 2.05) is 27.7 Å². The quantitative estimate of drug-likeness (QED) is 0.935. The third-order valence-electron chi connectivity index (χ3n) is 3.06. The molecule has 0 unspecified atom stereocenters. The molecule has 1 N–H and O–H groups in total. The minimum absolute atomic E-state index is 0.0172. The highest BCUT2D eigenvalue weighted by molar-refractivity contribution is 6.06. The number of nitrogens with zero attached hydrogens (tertiary/aromatic N) is 2. The number of carbonyl (C=O) groups excluding carboxylic acids is 1. The first-order valence-corrected chi connectivity index (χ1v) is 7.10. The van der Waals surface area contributed by atoms with E-state index in [1.165, 1.54) is 10.9 Å². The van der Waals surface area contributed by atoms with Crippen molar-refractivity contribution in [1.29, 1.82) is 0 Å². The van der Waals surface area contributed by atoms with E-state index in [0.717, 1.165) is 0 Å². The third kappa shape index (κ3) is 2.99. The van der Waals surface area contributed by atoms with Crippen LogP contribution in [0.4, 0.5) is 0 Å². The summed E-state index contributed by atoms with van der Waals surface area (Å²) in [6.07, 6.45) is 1.47. The van der Waals surface area contributed by atoms with E-state index in [2.05, 4.69) is 10.3 Å². The van der Waals surface area contributed by atoms with Crippen molar-refractivity contribution in [2.24, 2.45) is 5.92 Å². The van der Waals surface area contributed by atoms with Gasteiger partial charge < -0.3 is 9.73 Å². The summed E-state index contributed by atoms with van der Waals surface area (Å²) in [4.78, 5) is 29.0. The molecular weight excluding hydrogens is 270 g/mol. The van der Waals surface area contributed by atoms with Crippen LogP contribution in [0.5, 0.6) is 0 Å². The SMILES string of the molecule is Cc1oc2ncn(CC(C)C)c(=O)c2c1C(=O)NC(C)C. The van der Waals surface area contributed by atoms with Gasteiger partial charge in [0, 0.05) is 12.6 Å². The number of furan rings is 1. The topological polar surface area (TPSA) is 77.1 Å². The van der Waals surface area contributed by atoms with Crippen molar-refractivity contribution in [2.75, 3.05) is 0 Å². The van der Waals surface area contributed by atoms with Crippen LogP contribution in [0.25, 0.3) is 11.1 Å². The van der Waals surface area contributed by atoms with Gasteiger partial charge in [-0.2, -0.15) is 0 Å². The molecular formula is C15H21N3O3. The van der Waals surface area contributed by atoms with Crippen molar-refractivity contribution in [3.05, 3.63) is 28.0 Å². The van der Waals surface area contributed by atoms with E-state index in [-0.39, 0.29) is 34.2 Å². The number of nitrogens with one attached hydrogen (secondary N) is 1. The van der Waals surface area contributed by atoms with E-state index in [1.54, 1.807) is 6.92 Å². The Morgan fingerprint density at radius 3 is 2.62 bits per heavy atom. The standard InChI is InChI=1S/C15H21N3O3/c1-8(2)6-18-7-16-14-12(15(18)20)11(10(5)21-14)13(19)17-9(3)4/h7-9H,6H2,1-5H3,(H,17,19). The smallest absolute Gasteiger partial charge is 0.265 e. The zero-order valence-corrected chi connectivity index (χ0v) is 13.1. The summed E-state index contributed by atoms with van der Waals surface area (Å²) >= 11 is 0. The number of aryl methyl sites for hydroxylation is 1. The molecule has 0 aliphatic heterocycles. The van der Waals surface area contributed by atoms with Gasteiger partial charge in [0.15, 0.2) is 0 Å². The fraction of sp³-hybridized carbons (Fsp3) is 0.533. The molecule has 0 aromatic carbocycles. The number of hydrogen-bond acceptors (Lipinski definition) is 4. The average Bonchev–Trinajstić information content (AvgIpc) is 2.68. The van der Waals surface area contributed by atoms with Gasteiger partial charge in [0.1, 0.15) is 17.5 Å². The van der Waals surface area contributed by atoms with Crippen molar-refractivity contribution in [2.45, 2.75) is 47.2 Å². The lowest BCUT2D eigenvalue weighted by molar-refractivity contribution is 0.0943. The van der Waals surface area contributed by atoms with Gasteiger partial charge in [-0.05, 0) is 26.7 Å². The highest BCUT2D eigenvalue weighted by atomic mass is 16.3. The second-order valence-electron chi connectivity index (χ2n) is 5.94. The van der Waals surface area contributed by atoms with E-state index in [0.29, 0.717) is 18.2 Å². The summed E-state index contributed by atoms with van der Waals surface area (Å²) < 4.78 is 6.98. The van der Waals surface area contributed by atoms with Gasteiger partial charge in [-0.3, -0.25) is 14.2 Å². The first-order chi connectivity index (χ1) is 9.81. The van der Waals surface area contributed by atoms with Gasteiger partial charge in [0.2, 0.25) is 5.71 Å². The first-order valence-electron chi connectivity index (χ1n) is 7.10. The zero-order valence-electron chi connectivity index (χ0n) is 13.1. The molecule has 0 aliphatic rings. The summed E-state index contributed by atoms with van der Waals surface area (Å²) in [7, 11) is 0. The molecule has 0 saturated heterocycles. The van der Waals surface area contributed by atoms with Crippen LogP contribution in [-0.2, 0) is 6.54 Å². The predicted molar refractivity (Wildman–Crippen MR) is 80.4 cm³/mol. The molecule has 2 aromatic rings. The number of rotatable bonds is 4. The molecule has 21 heavy (non-hydrogen) atoms. The monoisotopic (exact) mass is 291 g/mol. The van der Waals surface area contributed by atoms with Crippen LogP contribution in [-0.4, -0.2) is 21.5 Å². The van der Waals surface area contributed by atoms with Crippen LogP contribution in [0, 0.1) is 12.8 Å². The Morgan fingerprint density at radius 2 is 2.05 bits per heavy atom. The number of carbonyl (C=O) groups is 1. The normalized spacial score (nSPS) is 11.6. The van der Waals surface area contributed by atoms with Gasteiger partial charge in [-0.25, -0.2) is 4.98 Å². The molecule has 2 aromatic heterocycles. The number of fused-ring (bicyclic) bond motifs is 1. The Balaban J connectivity index is 2.62. The molecule has 0 radical (unpaired) electrons. The summed E-state index contributed by atoms with van der Waals surface area (Å²) in [6, 6.07) is -0.0172. The molecule has 0 atom stereocenters. The van der Waals surface area contributed by atoms with Crippen LogP contribution in [0.2, 0.25) is 0 Å². The lowest BCUT2D eigenvalue weighted by Gasteiger charge is -2.09. The second-order valence-corrected chi connectivity index (χ2v) is 5.94. The highest BCUT2D eigenvalue weighted by Gasteiger charge is 2.23. The molecule has 0 spiro atoms. The third-order valence-corrected chi connectivity index (χ3v) is 3.06. The highest BCUT2D eigenvalue weighted by Crippen LogP contribution is 2.21. The van der Waals surface area contributed by atoms with Crippen molar-refractivity contribution in [3.63, 3.8) is 0 Å². The Labute approximate surface area is 123 Å². The maximum absolute atomic E-state index is 12.6. The largest absolute Gasteiger partial charge is 0.442 e. The Hall–Kier alpha value is -2.11. The van der Waals surface area contributed by atoms with Gasteiger partial charge in [-0.15, -0.1) is 0 Å². The van der Waals surface area contributed by atoms with E-state index < -0.39 is 0 Å². The predicted octanol–water partition coefficient (Wildman–Crippen LogP) is 2.09. The van der Waals surface area contributed by atoms with Gasteiger partial charge in [0.05, 0.1) is 5.56 Å². The minimum Gasteiger partial charge on any atom is -0.442 e. The van der Waals surface area contributed by atoms with Crippen molar-refractivity contribution >= 4 is 17.0 Å². The molecule has 1 amide bonds. The molecule has 0 saturated carbocycles. The zero-order chi connectivity index (χ0) is 15.7. The molecule has 6 nitrogen and oxygen atoms in total. The van der Waals surface area contributed by atoms with Gasteiger partial charge in [0.25, 0.3) is 11.5 Å². The van der Waals surface area contributed by atoms with E-state index in [4.69, 9.17) is 4.42 Å². The van der Waals surface area contributed by atoms with E-state index in [9.17, 15) is 9.59 Å². The number of hydrogen-bond donors (Lipinski definition) is 1. The molecule has 114 valence electrons. The van der Waals surface area contributed by atoms with Crippen LogP contribution in [0.1, 0.15) is 43.8 Å². The van der Waals surface area contributed by atoms with Crippen molar-refractivity contribution in [3.8, 4) is 0 Å². The summed E-state index contributed by atoms with van der Waals surface area (Å²) in [5, 5.41) is 3.05. The summed E-state index contributed by atoms with van der Waals surface area (Å²) in [6.45, 7) is 9.99. The second kappa shape index (κ2) is 5.71. The summed E-state index contributed by atoms with van der Waals surface area (Å²) in [5.41, 5.74) is 0.264. The minimum atomic E-state index is -0.303.